The Morgan fingerprint density at radius 2 is 1.86 bits per heavy atom. The molecule has 0 atom stereocenters. The largest absolute Gasteiger partial charge is 0.586 e. The van der Waals surface area contributed by atoms with Gasteiger partial charge in [-0.2, -0.15) is 0 Å². The van der Waals surface area contributed by atoms with Gasteiger partial charge in [0.05, 0.1) is 5.69 Å². The van der Waals surface area contributed by atoms with Crippen LogP contribution in [0.1, 0.15) is 32.9 Å². The molecule has 0 unspecified atom stereocenters. The van der Waals surface area contributed by atoms with Gasteiger partial charge in [-0.15, -0.1) is 8.78 Å². The minimum absolute atomic E-state index is 0.0642. The molecule has 0 spiro atoms. The number of aryl methyl sites for hydroxylation is 1. The number of carbonyl (C=O) groups is 1. The van der Waals surface area contributed by atoms with Gasteiger partial charge < -0.3 is 9.47 Å². The normalized spacial score (nSPS) is 15.0. The number of nitrogens with one attached hydrogen (secondary N) is 1. The number of aromatic nitrogens is 3. The predicted molar refractivity (Wildman–Crippen MR) is 103 cm³/mol. The second-order valence-corrected chi connectivity index (χ2v) is 8.15. The van der Waals surface area contributed by atoms with E-state index in [1.54, 1.807) is 22.8 Å². The summed E-state index contributed by atoms with van der Waals surface area (Å²) in [6, 6.07) is 7.96. The first-order valence-electron chi connectivity index (χ1n) is 9.07. The maximum atomic E-state index is 13.4. The number of pyridine rings is 1. The lowest BCUT2D eigenvalue weighted by atomic mass is 9.92. The molecule has 1 aliphatic rings. The van der Waals surface area contributed by atoms with Crippen LogP contribution < -0.4 is 14.8 Å². The monoisotopic (exact) mass is 402 g/mol. The molecule has 1 N–H and O–H groups in total. The van der Waals surface area contributed by atoms with Crippen molar-refractivity contribution in [3.8, 4) is 17.2 Å². The van der Waals surface area contributed by atoms with E-state index in [1.807, 2.05) is 27.7 Å². The van der Waals surface area contributed by atoms with Crippen LogP contribution in [-0.4, -0.2) is 26.7 Å². The Hall–Kier alpha value is -3.23. The lowest BCUT2D eigenvalue weighted by molar-refractivity contribution is -0.286. The number of alkyl halides is 2. The van der Waals surface area contributed by atoms with Crippen molar-refractivity contribution in [1.29, 1.82) is 0 Å². The summed E-state index contributed by atoms with van der Waals surface area (Å²) >= 11 is 0. The summed E-state index contributed by atoms with van der Waals surface area (Å²) in [5.74, 6) is -0.129. The lowest BCUT2D eigenvalue weighted by Crippen LogP contribution is -2.25. The number of anilines is 1. The van der Waals surface area contributed by atoms with Crippen LogP contribution in [0.4, 0.5) is 14.7 Å². The molecule has 1 aromatic carbocycles. The Bertz CT molecular complexity index is 1120. The van der Waals surface area contributed by atoms with Crippen molar-refractivity contribution in [1.82, 2.24) is 14.5 Å². The van der Waals surface area contributed by atoms with Crippen LogP contribution in [0.3, 0.4) is 0 Å². The molecule has 0 aliphatic carbocycles. The Labute approximate surface area is 165 Å². The number of fused-ring (bicyclic) bond motifs is 2. The van der Waals surface area contributed by atoms with Crippen molar-refractivity contribution < 1.29 is 23.0 Å². The maximum Gasteiger partial charge on any atom is 0.586 e. The van der Waals surface area contributed by atoms with E-state index in [1.165, 1.54) is 12.1 Å². The molecule has 0 saturated carbocycles. The Morgan fingerprint density at radius 3 is 2.59 bits per heavy atom. The van der Waals surface area contributed by atoms with Crippen molar-refractivity contribution >= 4 is 23.0 Å². The zero-order valence-corrected chi connectivity index (χ0v) is 16.4. The third-order valence-electron chi connectivity index (χ3n) is 4.23. The van der Waals surface area contributed by atoms with E-state index in [9.17, 15) is 13.6 Å². The van der Waals surface area contributed by atoms with Crippen LogP contribution in [0.2, 0.25) is 0 Å². The summed E-state index contributed by atoms with van der Waals surface area (Å²) in [7, 11) is 0. The van der Waals surface area contributed by atoms with Crippen molar-refractivity contribution in [3.05, 3.63) is 36.0 Å². The van der Waals surface area contributed by atoms with Crippen molar-refractivity contribution in [2.24, 2.45) is 5.41 Å². The highest BCUT2D eigenvalue weighted by Crippen LogP contribution is 2.42. The van der Waals surface area contributed by atoms with Gasteiger partial charge in [0.2, 0.25) is 11.9 Å². The molecular weight excluding hydrogens is 382 g/mol. The standard InChI is InChI=1S/C20H20F2N4O3/c1-11-5-7-13-17(23-11)26(18(24-13)25-16(27)10-19(2,3)4)12-6-8-14-15(9-12)29-20(21,22)28-14/h5-9H,10H2,1-4H3,(H,24,25,27). The highest BCUT2D eigenvalue weighted by molar-refractivity contribution is 5.92. The third kappa shape index (κ3) is 3.85. The van der Waals surface area contributed by atoms with Gasteiger partial charge in [-0.05, 0) is 36.6 Å². The van der Waals surface area contributed by atoms with Gasteiger partial charge >= 0.3 is 6.29 Å². The lowest BCUT2D eigenvalue weighted by Gasteiger charge is -2.17. The molecule has 7 nitrogen and oxygen atoms in total. The Morgan fingerprint density at radius 1 is 1.14 bits per heavy atom. The fraction of sp³-hybridized carbons (Fsp3) is 0.350. The summed E-state index contributed by atoms with van der Waals surface area (Å²) < 4.78 is 37.4. The van der Waals surface area contributed by atoms with E-state index in [-0.39, 0.29) is 35.2 Å². The van der Waals surface area contributed by atoms with Crippen LogP contribution in [-0.2, 0) is 4.79 Å². The Balaban J connectivity index is 1.81. The highest BCUT2D eigenvalue weighted by Gasteiger charge is 2.43. The molecule has 9 heteroatoms. The van der Waals surface area contributed by atoms with E-state index < -0.39 is 6.29 Å². The maximum absolute atomic E-state index is 13.4. The van der Waals surface area contributed by atoms with E-state index >= 15 is 0 Å². The van der Waals surface area contributed by atoms with Crippen LogP contribution in [0.25, 0.3) is 16.9 Å². The van der Waals surface area contributed by atoms with Crippen LogP contribution in [0.15, 0.2) is 30.3 Å². The van der Waals surface area contributed by atoms with Crippen LogP contribution in [0, 0.1) is 12.3 Å². The fourth-order valence-electron chi connectivity index (χ4n) is 3.11. The molecule has 1 aliphatic heterocycles. The number of carbonyl (C=O) groups excluding carboxylic acids is 1. The zero-order valence-electron chi connectivity index (χ0n) is 16.4. The summed E-state index contributed by atoms with van der Waals surface area (Å²) in [6.45, 7) is 7.70. The number of benzene rings is 1. The molecule has 152 valence electrons. The number of ether oxygens (including phenoxy) is 2. The first kappa shape index (κ1) is 19.1. The molecular formula is C20H20F2N4O3. The average molecular weight is 402 g/mol. The molecule has 0 radical (unpaired) electrons. The van der Waals surface area contributed by atoms with Gasteiger partial charge in [0.15, 0.2) is 17.1 Å². The van der Waals surface area contributed by atoms with Gasteiger partial charge in [0.25, 0.3) is 0 Å². The van der Waals surface area contributed by atoms with E-state index in [0.29, 0.717) is 16.9 Å². The second-order valence-electron chi connectivity index (χ2n) is 8.15. The summed E-state index contributed by atoms with van der Waals surface area (Å²) in [5.41, 5.74) is 2.04. The minimum Gasteiger partial charge on any atom is -0.395 e. The molecule has 0 saturated heterocycles. The van der Waals surface area contributed by atoms with Crippen LogP contribution >= 0.6 is 0 Å². The minimum atomic E-state index is -3.71. The van der Waals surface area contributed by atoms with Crippen molar-refractivity contribution in [3.63, 3.8) is 0 Å². The van der Waals surface area contributed by atoms with Gasteiger partial charge in [-0.1, -0.05) is 20.8 Å². The fourth-order valence-corrected chi connectivity index (χ4v) is 3.11. The smallest absolute Gasteiger partial charge is 0.395 e. The zero-order chi connectivity index (χ0) is 21.0. The van der Waals surface area contributed by atoms with Gasteiger partial charge in [0.1, 0.15) is 5.52 Å². The molecule has 3 heterocycles. The average Bonchev–Trinajstić information content (AvgIpc) is 3.06. The quantitative estimate of drug-likeness (QED) is 0.701. The van der Waals surface area contributed by atoms with Gasteiger partial charge in [-0.25, -0.2) is 9.97 Å². The molecule has 0 fully saturated rings. The molecule has 1 amide bonds. The van der Waals surface area contributed by atoms with Crippen LogP contribution in [0.5, 0.6) is 11.5 Å². The number of amides is 1. The van der Waals surface area contributed by atoms with E-state index in [0.717, 1.165) is 5.69 Å². The number of nitrogens with zero attached hydrogens (tertiary/aromatic N) is 3. The second kappa shape index (κ2) is 6.40. The number of imidazole rings is 1. The van der Waals surface area contributed by atoms with Crippen molar-refractivity contribution in [2.45, 2.75) is 40.4 Å². The SMILES string of the molecule is Cc1ccc2nc(NC(=O)CC(C)(C)C)n(-c3ccc4c(c3)OC(F)(F)O4)c2n1. The van der Waals surface area contributed by atoms with Crippen molar-refractivity contribution in [2.75, 3.05) is 5.32 Å². The number of hydrogen-bond acceptors (Lipinski definition) is 5. The highest BCUT2D eigenvalue weighted by atomic mass is 19.3. The summed E-state index contributed by atoms with van der Waals surface area (Å²) in [4.78, 5) is 21.5. The van der Waals surface area contributed by atoms with E-state index in [4.69, 9.17) is 0 Å². The third-order valence-corrected chi connectivity index (χ3v) is 4.23. The topological polar surface area (TPSA) is 78.3 Å². The molecule has 0 bridgehead atoms. The first-order valence-corrected chi connectivity index (χ1v) is 9.07. The molecule has 2 aromatic heterocycles. The number of hydrogen-bond donors (Lipinski definition) is 1. The summed E-state index contributed by atoms with van der Waals surface area (Å²) in [6.07, 6.45) is -3.42. The Kier molecular flexibility index (Phi) is 4.21. The molecule has 3 aromatic rings. The summed E-state index contributed by atoms with van der Waals surface area (Å²) in [5, 5.41) is 2.81. The number of halogens is 2. The predicted octanol–water partition coefficient (Wildman–Crippen LogP) is 4.43. The number of rotatable bonds is 3. The molecule has 4 rings (SSSR count). The molecule has 29 heavy (non-hydrogen) atoms. The first-order chi connectivity index (χ1) is 13.5. The van der Waals surface area contributed by atoms with E-state index in [2.05, 4.69) is 24.8 Å². The van der Waals surface area contributed by atoms with Gasteiger partial charge in [-0.3, -0.25) is 14.7 Å². The van der Waals surface area contributed by atoms with Gasteiger partial charge in [0, 0.05) is 18.2 Å².